The Kier molecular flexibility index (Phi) is 3.54. The molecule has 84 valence electrons. The number of hydrogen-bond donors (Lipinski definition) is 0. The topological polar surface area (TPSA) is 35.5 Å². The van der Waals surface area contributed by atoms with E-state index in [0.29, 0.717) is 6.10 Å². The first-order valence-electron chi connectivity index (χ1n) is 5.78. The van der Waals surface area contributed by atoms with Crippen molar-refractivity contribution >= 4 is 5.78 Å². The Morgan fingerprint density at radius 1 is 1.33 bits per heavy atom. The van der Waals surface area contributed by atoms with Gasteiger partial charge in [-0.2, -0.15) is 0 Å². The molecule has 0 spiro atoms. The minimum Gasteiger partial charge on any atom is -0.346 e. The Balaban J connectivity index is 1.84. The Hall–Kier alpha value is -0.670. The molecule has 1 heterocycles. The number of rotatable bonds is 2. The predicted molar refractivity (Wildman–Crippen MR) is 56.4 cm³/mol. The normalized spacial score (nSPS) is 33.3. The highest BCUT2D eigenvalue weighted by atomic mass is 16.7. The van der Waals surface area contributed by atoms with Crippen LogP contribution in [0.15, 0.2) is 12.2 Å². The van der Waals surface area contributed by atoms with Gasteiger partial charge in [0.15, 0.2) is 12.1 Å². The second-order valence-corrected chi connectivity index (χ2v) is 4.30. The summed E-state index contributed by atoms with van der Waals surface area (Å²) in [7, 11) is 0. The fourth-order valence-corrected chi connectivity index (χ4v) is 2.09. The lowest BCUT2D eigenvalue weighted by Gasteiger charge is -2.29. The van der Waals surface area contributed by atoms with E-state index in [-0.39, 0.29) is 18.2 Å². The fourth-order valence-electron chi connectivity index (χ4n) is 2.09. The van der Waals surface area contributed by atoms with Crippen LogP contribution in [-0.2, 0) is 14.3 Å². The summed E-state index contributed by atoms with van der Waals surface area (Å²) in [6.45, 7) is 1.77. The summed E-state index contributed by atoms with van der Waals surface area (Å²) in [5.41, 5.74) is 0. The van der Waals surface area contributed by atoms with Crippen molar-refractivity contribution in [3.63, 3.8) is 0 Å². The van der Waals surface area contributed by atoms with Crippen molar-refractivity contribution in [3.8, 4) is 0 Å². The molecule has 2 rings (SSSR count). The third kappa shape index (κ3) is 2.89. The average Bonchev–Trinajstić information content (AvgIpc) is 2.25. The van der Waals surface area contributed by atoms with Crippen LogP contribution in [-0.4, -0.2) is 24.3 Å². The van der Waals surface area contributed by atoms with Crippen LogP contribution < -0.4 is 0 Å². The first-order chi connectivity index (χ1) is 7.25. The van der Waals surface area contributed by atoms with Gasteiger partial charge in [-0.25, -0.2) is 0 Å². The lowest BCUT2D eigenvalue weighted by Crippen LogP contribution is -2.34. The van der Waals surface area contributed by atoms with Gasteiger partial charge in [0.2, 0.25) is 0 Å². The van der Waals surface area contributed by atoms with Crippen LogP contribution in [0.3, 0.4) is 0 Å². The van der Waals surface area contributed by atoms with Gasteiger partial charge < -0.3 is 9.47 Å². The van der Waals surface area contributed by atoms with Crippen LogP contribution in [0.25, 0.3) is 0 Å². The van der Waals surface area contributed by atoms with Crippen LogP contribution in [0.5, 0.6) is 0 Å². The number of ether oxygens (including phenoxy) is 2. The molecule has 3 heteroatoms. The van der Waals surface area contributed by atoms with E-state index in [0.717, 1.165) is 12.8 Å². The molecule has 0 aromatic heterocycles. The second kappa shape index (κ2) is 4.90. The number of hydrogen-bond acceptors (Lipinski definition) is 3. The molecule has 3 nitrogen and oxygen atoms in total. The smallest absolute Gasteiger partial charge is 0.184 e. The zero-order chi connectivity index (χ0) is 10.7. The van der Waals surface area contributed by atoms with Gasteiger partial charge in [-0.1, -0.05) is 19.3 Å². The number of carbonyl (C=O) groups is 1. The summed E-state index contributed by atoms with van der Waals surface area (Å²) in [6, 6.07) is 0. The Labute approximate surface area is 90.4 Å². The standard InChI is InChI=1S/C12H18O3/c1-9-11(13)7-8-12(14-9)15-10-5-3-2-4-6-10/h7-10,12H,2-6H2,1H3/t9-,12-/m0/s1. The van der Waals surface area contributed by atoms with Gasteiger partial charge in [0.1, 0.15) is 6.10 Å². The van der Waals surface area contributed by atoms with Gasteiger partial charge >= 0.3 is 0 Å². The molecule has 0 aromatic rings. The Morgan fingerprint density at radius 3 is 2.73 bits per heavy atom. The van der Waals surface area contributed by atoms with Gasteiger partial charge in [0.05, 0.1) is 6.10 Å². The van der Waals surface area contributed by atoms with E-state index in [1.165, 1.54) is 19.3 Å². The van der Waals surface area contributed by atoms with Crippen molar-refractivity contribution in [1.29, 1.82) is 0 Å². The van der Waals surface area contributed by atoms with E-state index in [4.69, 9.17) is 9.47 Å². The molecule has 1 saturated carbocycles. The maximum Gasteiger partial charge on any atom is 0.184 e. The predicted octanol–water partition coefficient (Wildman–Crippen LogP) is 2.21. The SMILES string of the molecule is C[C@@H]1O[C@@H](OC2CCCCC2)C=CC1=O. The first-order valence-corrected chi connectivity index (χ1v) is 5.78. The molecule has 0 saturated heterocycles. The molecule has 0 bridgehead atoms. The fraction of sp³-hybridized carbons (Fsp3) is 0.750. The molecule has 2 atom stereocenters. The van der Waals surface area contributed by atoms with Crippen molar-refractivity contribution in [3.05, 3.63) is 12.2 Å². The van der Waals surface area contributed by atoms with Gasteiger partial charge in [-0.3, -0.25) is 4.79 Å². The zero-order valence-corrected chi connectivity index (χ0v) is 9.15. The molecular formula is C12H18O3. The summed E-state index contributed by atoms with van der Waals surface area (Å²) in [5.74, 6) is 0.0264. The van der Waals surface area contributed by atoms with Crippen LogP contribution in [0.4, 0.5) is 0 Å². The largest absolute Gasteiger partial charge is 0.346 e. The highest BCUT2D eigenvalue weighted by Crippen LogP contribution is 2.23. The van der Waals surface area contributed by atoms with Crippen LogP contribution in [0.2, 0.25) is 0 Å². The maximum absolute atomic E-state index is 11.2. The van der Waals surface area contributed by atoms with E-state index in [2.05, 4.69) is 0 Å². The van der Waals surface area contributed by atoms with Gasteiger partial charge in [0, 0.05) is 0 Å². The zero-order valence-electron chi connectivity index (χ0n) is 9.15. The van der Waals surface area contributed by atoms with Crippen molar-refractivity contribution in [1.82, 2.24) is 0 Å². The summed E-state index contributed by atoms with van der Waals surface area (Å²) < 4.78 is 11.2. The lowest BCUT2D eigenvalue weighted by molar-refractivity contribution is -0.179. The quantitative estimate of drug-likeness (QED) is 0.701. The molecule has 0 unspecified atom stereocenters. The van der Waals surface area contributed by atoms with Crippen LogP contribution >= 0.6 is 0 Å². The summed E-state index contributed by atoms with van der Waals surface area (Å²) >= 11 is 0. The third-order valence-corrected chi connectivity index (χ3v) is 3.04. The monoisotopic (exact) mass is 210 g/mol. The van der Waals surface area contributed by atoms with Crippen molar-refractivity contribution in [2.75, 3.05) is 0 Å². The minimum absolute atomic E-state index is 0.0264. The molecule has 1 aliphatic heterocycles. The summed E-state index contributed by atoms with van der Waals surface area (Å²) in [5, 5.41) is 0. The van der Waals surface area contributed by atoms with E-state index in [1.807, 2.05) is 0 Å². The van der Waals surface area contributed by atoms with Gasteiger partial charge in [-0.15, -0.1) is 0 Å². The number of carbonyl (C=O) groups excluding carboxylic acids is 1. The van der Waals surface area contributed by atoms with Crippen molar-refractivity contribution in [2.24, 2.45) is 0 Å². The summed E-state index contributed by atoms with van der Waals surface area (Å²) in [4.78, 5) is 11.2. The molecule has 0 aromatic carbocycles. The molecular weight excluding hydrogens is 192 g/mol. The van der Waals surface area contributed by atoms with Crippen molar-refractivity contribution in [2.45, 2.75) is 57.5 Å². The van der Waals surface area contributed by atoms with Crippen LogP contribution in [0.1, 0.15) is 39.0 Å². The molecule has 2 aliphatic rings. The molecule has 0 N–H and O–H groups in total. The van der Waals surface area contributed by atoms with Crippen molar-refractivity contribution < 1.29 is 14.3 Å². The summed E-state index contributed by atoms with van der Waals surface area (Å²) in [6.07, 6.45) is 8.98. The highest BCUT2D eigenvalue weighted by molar-refractivity contribution is 5.93. The Morgan fingerprint density at radius 2 is 2.07 bits per heavy atom. The molecule has 15 heavy (non-hydrogen) atoms. The Bertz CT molecular complexity index is 254. The first kappa shape index (κ1) is 10.8. The highest BCUT2D eigenvalue weighted by Gasteiger charge is 2.24. The molecule has 0 radical (unpaired) electrons. The third-order valence-electron chi connectivity index (χ3n) is 3.04. The van der Waals surface area contributed by atoms with E-state index < -0.39 is 0 Å². The number of ketones is 1. The average molecular weight is 210 g/mol. The van der Waals surface area contributed by atoms with Gasteiger partial charge in [-0.05, 0) is 31.9 Å². The molecule has 1 aliphatic carbocycles. The van der Waals surface area contributed by atoms with Crippen LogP contribution in [0, 0.1) is 0 Å². The van der Waals surface area contributed by atoms with E-state index >= 15 is 0 Å². The second-order valence-electron chi connectivity index (χ2n) is 4.30. The minimum atomic E-state index is -0.358. The van der Waals surface area contributed by atoms with Gasteiger partial charge in [0.25, 0.3) is 0 Å². The lowest BCUT2D eigenvalue weighted by atomic mass is 9.98. The molecule has 0 amide bonds. The maximum atomic E-state index is 11.2. The van der Waals surface area contributed by atoms with E-state index in [9.17, 15) is 4.79 Å². The van der Waals surface area contributed by atoms with E-state index in [1.54, 1.807) is 19.1 Å². The molecule has 1 fully saturated rings.